The molecule has 1 amide bonds. The van der Waals surface area contributed by atoms with Crippen molar-refractivity contribution >= 4 is 17.7 Å². The van der Waals surface area contributed by atoms with Crippen molar-refractivity contribution in [2.75, 3.05) is 18.1 Å². The number of anilines is 1. The Bertz CT molecular complexity index is 806. The number of hydrogen-bond donors (Lipinski definition) is 0. The molecule has 1 fully saturated rings. The maximum atomic E-state index is 12.5. The summed E-state index contributed by atoms with van der Waals surface area (Å²) in [6.45, 7) is 8.98. The Morgan fingerprint density at radius 2 is 1.88 bits per heavy atom. The maximum Gasteiger partial charge on any atom is 0.414 e. The summed E-state index contributed by atoms with van der Waals surface area (Å²) in [7, 11) is 0. The number of carbonyl (C=O) groups excluding carboxylic acids is 2. The van der Waals surface area contributed by atoms with Gasteiger partial charge >= 0.3 is 12.1 Å². The number of aryl methyl sites for hydroxylation is 1. The number of benzene rings is 1. The fourth-order valence-corrected chi connectivity index (χ4v) is 3.26. The van der Waals surface area contributed by atoms with Crippen molar-refractivity contribution in [2.24, 2.45) is 0 Å². The Balaban J connectivity index is 1.75. The summed E-state index contributed by atoms with van der Waals surface area (Å²) in [6, 6.07) is 8.98. The molecule has 25 heavy (non-hydrogen) atoms. The van der Waals surface area contributed by atoms with Crippen LogP contribution in [0.3, 0.4) is 0 Å². The second kappa shape index (κ2) is 6.63. The van der Waals surface area contributed by atoms with Crippen molar-refractivity contribution in [2.45, 2.75) is 33.7 Å². The van der Waals surface area contributed by atoms with Crippen molar-refractivity contribution < 1.29 is 19.1 Å². The number of esters is 1. The molecular weight excluding hydrogens is 320 g/mol. The van der Waals surface area contributed by atoms with Crippen LogP contribution in [0, 0.1) is 13.8 Å². The van der Waals surface area contributed by atoms with E-state index in [-0.39, 0.29) is 18.1 Å². The van der Waals surface area contributed by atoms with Gasteiger partial charge in [0.25, 0.3) is 0 Å². The molecule has 1 aliphatic heterocycles. The summed E-state index contributed by atoms with van der Waals surface area (Å²) in [5, 5.41) is 0. The second-order valence-corrected chi connectivity index (χ2v) is 6.40. The Morgan fingerprint density at radius 1 is 1.20 bits per heavy atom. The Kier molecular flexibility index (Phi) is 4.53. The van der Waals surface area contributed by atoms with Gasteiger partial charge in [0.2, 0.25) is 0 Å². The van der Waals surface area contributed by atoms with Gasteiger partial charge in [-0.15, -0.1) is 0 Å². The molecule has 2 aromatic rings. The van der Waals surface area contributed by atoms with Crippen LogP contribution in [0.15, 0.2) is 30.3 Å². The number of aromatic nitrogens is 1. The molecule has 6 heteroatoms. The molecular formula is C19H22N2O4. The van der Waals surface area contributed by atoms with Gasteiger partial charge in [0.1, 0.15) is 12.4 Å². The standard InChI is InChI=1S/C19H22N2O4/c1-12(2)21-13(3)11-17(14(21)4)18(22)25-16-7-5-15(6-8-16)20-9-10-24-19(20)23/h5-8,11-12H,9-10H2,1-4H3. The molecule has 0 bridgehead atoms. The van der Waals surface area contributed by atoms with Crippen LogP contribution in [0.2, 0.25) is 0 Å². The van der Waals surface area contributed by atoms with Gasteiger partial charge in [-0.1, -0.05) is 0 Å². The molecule has 1 aromatic heterocycles. The van der Waals surface area contributed by atoms with Crippen molar-refractivity contribution in [3.8, 4) is 5.75 Å². The van der Waals surface area contributed by atoms with E-state index in [4.69, 9.17) is 9.47 Å². The summed E-state index contributed by atoms with van der Waals surface area (Å²) >= 11 is 0. The highest BCUT2D eigenvalue weighted by Crippen LogP contribution is 2.25. The highest BCUT2D eigenvalue weighted by molar-refractivity contribution is 5.93. The molecule has 2 heterocycles. The summed E-state index contributed by atoms with van der Waals surface area (Å²) in [4.78, 5) is 25.6. The molecule has 6 nitrogen and oxygen atoms in total. The normalized spacial score (nSPS) is 14.1. The van der Waals surface area contributed by atoms with Gasteiger partial charge in [-0.2, -0.15) is 0 Å². The van der Waals surface area contributed by atoms with Crippen LogP contribution in [0.4, 0.5) is 10.5 Å². The monoisotopic (exact) mass is 342 g/mol. The fraction of sp³-hybridized carbons (Fsp3) is 0.368. The molecule has 1 aromatic carbocycles. The van der Waals surface area contributed by atoms with Gasteiger partial charge < -0.3 is 14.0 Å². The van der Waals surface area contributed by atoms with Crippen LogP contribution < -0.4 is 9.64 Å². The Labute approximate surface area is 146 Å². The summed E-state index contributed by atoms with van der Waals surface area (Å²) in [6.07, 6.45) is -0.356. The van der Waals surface area contributed by atoms with E-state index >= 15 is 0 Å². The predicted octanol–water partition coefficient (Wildman–Crippen LogP) is 3.86. The zero-order valence-electron chi connectivity index (χ0n) is 14.9. The van der Waals surface area contributed by atoms with E-state index in [1.807, 2.05) is 19.9 Å². The first-order valence-corrected chi connectivity index (χ1v) is 8.33. The molecule has 0 aliphatic carbocycles. The van der Waals surface area contributed by atoms with Crippen LogP contribution in [-0.4, -0.2) is 29.8 Å². The first kappa shape index (κ1) is 17.1. The number of rotatable bonds is 4. The summed E-state index contributed by atoms with van der Waals surface area (Å²) in [5.41, 5.74) is 3.22. The van der Waals surface area contributed by atoms with Gasteiger partial charge in [-0.25, -0.2) is 9.59 Å². The number of carbonyl (C=O) groups is 2. The first-order valence-electron chi connectivity index (χ1n) is 8.33. The minimum absolute atomic E-state index is 0.279. The number of ether oxygens (including phenoxy) is 2. The third kappa shape index (κ3) is 3.24. The zero-order valence-corrected chi connectivity index (χ0v) is 14.9. The van der Waals surface area contributed by atoms with E-state index in [2.05, 4.69) is 18.4 Å². The largest absolute Gasteiger partial charge is 0.447 e. The lowest BCUT2D eigenvalue weighted by atomic mass is 10.2. The number of amides is 1. The van der Waals surface area contributed by atoms with Gasteiger partial charge in [0.05, 0.1) is 12.1 Å². The van der Waals surface area contributed by atoms with Gasteiger partial charge in [0.15, 0.2) is 0 Å². The van der Waals surface area contributed by atoms with Crippen LogP contribution >= 0.6 is 0 Å². The summed E-state index contributed by atoms with van der Waals surface area (Å²) in [5.74, 6) is 0.0593. The van der Waals surface area contributed by atoms with Crippen molar-refractivity contribution in [1.29, 1.82) is 0 Å². The molecule has 1 aliphatic rings. The lowest BCUT2D eigenvalue weighted by molar-refractivity contribution is 0.0733. The van der Waals surface area contributed by atoms with Gasteiger partial charge in [0, 0.05) is 23.1 Å². The molecule has 0 N–H and O–H groups in total. The number of hydrogen-bond acceptors (Lipinski definition) is 4. The van der Waals surface area contributed by atoms with E-state index < -0.39 is 0 Å². The molecule has 132 valence electrons. The highest BCUT2D eigenvalue weighted by atomic mass is 16.6. The van der Waals surface area contributed by atoms with E-state index in [0.29, 0.717) is 24.5 Å². The average Bonchev–Trinajstić information content (AvgIpc) is 3.11. The topological polar surface area (TPSA) is 60.8 Å². The SMILES string of the molecule is Cc1cc(C(=O)Oc2ccc(N3CCOC3=O)cc2)c(C)n1C(C)C. The molecule has 1 saturated heterocycles. The number of nitrogens with zero attached hydrogens (tertiary/aromatic N) is 2. The minimum Gasteiger partial charge on any atom is -0.447 e. The molecule has 3 rings (SSSR count). The van der Waals surface area contributed by atoms with E-state index in [0.717, 1.165) is 17.1 Å². The van der Waals surface area contributed by atoms with Crippen LogP contribution in [0.5, 0.6) is 5.75 Å². The van der Waals surface area contributed by atoms with E-state index in [1.165, 1.54) is 0 Å². The lowest BCUT2D eigenvalue weighted by Gasteiger charge is -2.14. The van der Waals surface area contributed by atoms with Gasteiger partial charge in [-0.3, -0.25) is 4.90 Å². The Morgan fingerprint density at radius 3 is 2.40 bits per heavy atom. The zero-order chi connectivity index (χ0) is 18.1. The predicted molar refractivity (Wildman–Crippen MR) is 94.4 cm³/mol. The third-order valence-corrected chi connectivity index (χ3v) is 4.34. The number of cyclic esters (lactones) is 1. The molecule has 0 radical (unpaired) electrons. The lowest BCUT2D eigenvalue weighted by Crippen LogP contribution is -2.23. The first-order chi connectivity index (χ1) is 11.9. The Hall–Kier alpha value is -2.76. The molecule has 0 saturated carbocycles. The van der Waals surface area contributed by atoms with E-state index in [1.54, 1.807) is 29.2 Å². The van der Waals surface area contributed by atoms with Crippen LogP contribution in [-0.2, 0) is 4.74 Å². The van der Waals surface area contributed by atoms with E-state index in [9.17, 15) is 9.59 Å². The van der Waals surface area contributed by atoms with Crippen molar-refractivity contribution in [3.05, 3.63) is 47.3 Å². The maximum absolute atomic E-state index is 12.5. The highest BCUT2D eigenvalue weighted by Gasteiger charge is 2.24. The molecule has 0 spiro atoms. The van der Waals surface area contributed by atoms with Gasteiger partial charge in [-0.05, 0) is 58.0 Å². The molecule has 0 atom stereocenters. The second-order valence-electron chi connectivity index (χ2n) is 6.40. The van der Waals surface area contributed by atoms with Crippen LogP contribution in [0.25, 0.3) is 0 Å². The fourth-order valence-electron chi connectivity index (χ4n) is 3.26. The van der Waals surface area contributed by atoms with Crippen molar-refractivity contribution in [3.63, 3.8) is 0 Å². The van der Waals surface area contributed by atoms with Crippen LogP contribution in [0.1, 0.15) is 41.6 Å². The third-order valence-electron chi connectivity index (χ3n) is 4.34. The average molecular weight is 342 g/mol. The quantitative estimate of drug-likeness (QED) is 0.625. The van der Waals surface area contributed by atoms with Crippen molar-refractivity contribution in [1.82, 2.24) is 4.57 Å². The minimum atomic E-state index is -0.381. The smallest absolute Gasteiger partial charge is 0.414 e. The molecule has 0 unspecified atom stereocenters. The summed E-state index contributed by atoms with van der Waals surface area (Å²) < 4.78 is 12.5.